The maximum absolute atomic E-state index is 11.9. The van der Waals surface area contributed by atoms with E-state index in [1.54, 1.807) is 31.4 Å². The molecule has 0 saturated carbocycles. The summed E-state index contributed by atoms with van der Waals surface area (Å²) in [5.41, 5.74) is 0.584. The van der Waals surface area contributed by atoms with Crippen LogP contribution in [0.25, 0.3) is 6.08 Å². The summed E-state index contributed by atoms with van der Waals surface area (Å²) in [4.78, 5) is 12.4. The van der Waals surface area contributed by atoms with Gasteiger partial charge in [-0.2, -0.15) is 0 Å². The van der Waals surface area contributed by atoms with Gasteiger partial charge in [0.15, 0.2) is 0 Å². The molecule has 2 aromatic carbocycles. The summed E-state index contributed by atoms with van der Waals surface area (Å²) in [6.45, 7) is 0.536. The number of thiocarbonyl (C=S) groups is 1. The Labute approximate surface area is 181 Å². The van der Waals surface area contributed by atoms with Crippen LogP contribution in [0.1, 0.15) is 5.56 Å². The van der Waals surface area contributed by atoms with Gasteiger partial charge in [-0.25, -0.2) is 0 Å². The number of carbonyl (C=O) groups is 1. The molecule has 0 aliphatic carbocycles. The molecule has 0 spiro atoms. The lowest BCUT2D eigenvalue weighted by molar-refractivity contribution is -0.115. The van der Waals surface area contributed by atoms with Gasteiger partial charge in [0.25, 0.3) is 5.91 Å². The van der Waals surface area contributed by atoms with Crippen molar-refractivity contribution in [1.29, 1.82) is 0 Å². The Kier molecular flexibility index (Phi) is 7.07. The molecule has 1 fully saturated rings. The van der Waals surface area contributed by atoms with Crippen LogP contribution in [0.2, 0.25) is 10.0 Å². The SMILES string of the molecule is COc1cccc(OCCOc2c(Cl)cc(Cl)cc2C=C2SC(=S)NC2=O)c1. The number of methoxy groups -OCH3 is 1. The van der Waals surface area contributed by atoms with Crippen molar-refractivity contribution < 1.29 is 19.0 Å². The standard InChI is InChI=1S/C19H15Cl2NO4S2/c1-24-13-3-2-4-14(10-13)25-5-6-26-17-11(7-12(20)9-15(17)21)8-16-18(23)22-19(27)28-16/h2-4,7-10H,5-6H2,1H3,(H,22,23,27). The normalized spacial score (nSPS) is 14.9. The zero-order valence-corrected chi connectivity index (χ0v) is 17.8. The summed E-state index contributed by atoms with van der Waals surface area (Å²) in [5, 5.41) is 3.34. The van der Waals surface area contributed by atoms with E-state index in [2.05, 4.69) is 5.32 Å². The van der Waals surface area contributed by atoms with Crippen molar-refractivity contribution in [1.82, 2.24) is 5.32 Å². The minimum absolute atomic E-state index is 0.243. The number of hydrogen-bond donors (Lipinski definition) is 1. The Morgan fingerprint density at radius 3 is 2.61 bits per heavy atom. The lowest BCUT2D eigenvalue weighted by Gasteiger charge is -2.13. The molecule has 0 radical (unpaired) electrons. The summed E-state index contributed by atoms with van der Waals surface area (Å²) in [6, 6.07) is 10.5. The van der Waals surface area contributed by atoms with E-state index in [0.717, 1.165) is 0 Å². The molecule has 3 rings (SSSR count). The van der Waals surface area contributed by atoms with Crippen molar-refractivity contribution in [3.05, 3.63) is 56.9 Å². The Bertz CT molecular complexity index is 950. The number of ether oxygens (including phenoxy) is 3. The monoisotopic (exact) mass is 455 g/mol. The molecule has 1 aliphatic heterocycles. The third-order valence-electron chi connectivity index (χ3n) is 3.61. The molecule has 2 aromatic rings. The maximum atomic E-state index is 11.9. The highest BCUT2D eigenvalue weighted by atomic mass is 35.5. The Hall–Kier alpha value is -1.93. The van der Waals surface area contributed by atoms with Crippen molar-refractivity contribution in [3.8, 4) is 17.2 Å². The highest BCUT2D eigenvalue weighted by Crippen LogP contribution is 2.36. The quantitative estimate of drug-likeness (QED) is 0.362. The van der Waals surface area contributed by atoms with Crippen LogP contribution in [-0.2, 0) is 4.79 Å². The number of thioether (sulfide) groups is 1. The average Bonchev–Trinajstić information content (AvgIpc) is 2.97. The fourth-order valence-electron chi connectivity index (χ4n) is 2.40. The van der Waals surface area contributed by atoms with E-state index in [1.165, 1.54) is 11.8 Å². The first-order valence-electron chi connectivity index (χ1n) is 8.10. The van der Waals surface area contributed by atoms with E-state index in [9.17, 15) is 4.79 Å². The predicted octanol–water partition coefficient (Wildman–Crippen LogP) is 4.95. The van der Waals surface area contributed by atoms with Crippen molar-refractivity contribution in [3.63, 3.8) is 0 Å². The number of benzene rings is 2. The number of carbonyl (C=O) groups excluding carboxylic acids is 1. The lowest BCUT2D eigenvalue weighted by Crippen LogP contribution is -2.17. The van der Waals surface area contributed by atoms with Gasteiger partial charge in [0.05, 0.1) is 17.0 Å². The summed E-state index contributed by atoms with van der Waals surface area (Å²) < 4.78 is 17.0. The second kappa shape index (κ2) is 9.52. The molecule has 1 heterocycles. The van der Waals surface area contributed by atoms with Crippen molar-refractivity contribution in [2.45, 2.75) is 0 Å². The van der Waals surface area contributed by atoms with Crippen LogP contribution < -0.4 is 19.5 Å². The van der Waals surface area contributed by atoms with Crippen molar-refractivity contribution in [2.75, 3.05) is 20.3 Å². The number of hydrogen-bond acceptors (Lipinski definition) is 6. The van der Waals surface area contributed by atoms with Crippen LogP contribution in [0, 0.1) is 0 Å². The molecule has 0 atom stereocenters. The fraction of sp³-hybridized carbons (Fsp3) is 0.158. The molecular weight excluding hydrogens is 441 g/mol. The van der Waals surface area contributed by atoms with Crippen LogP contribution in [0.4, 0.5) is 0 Å². The van der Waals surface area contributed by atoms with Gasteiger partial charge in [0, 0.05) is 16.7 Å². The van der Waals surface area contributed by atoms with Gasteiger partial charge < -0.3 is 19.5 Å². The third kappa shape index (κ3) is 5.32. The first-order chi connectivity index (χ1) is 13.5. The molecule has 0 unspecified atom stereocenters. The van der Waals surface area contributed by atoms with Crippen LogP contribution >= 0.6 is 47.2 Å². The highest BCUT2D eigenvalue weighted by Gasteiger charge is 2.23. The molecule has 9 heteroatoms. The zero-order valence-electron chi connectivity index (χ0n) is 14.7. The van der Waals surface area contributed by atoms with E-state index in [0.29, 0.717) is 48.7 Å². The number of amides is 1. The van der Waals surface area contributed by atoms with Crippen molar-refractivity contribution in [2.24, 2.45) is 0 Å². The van der Waals surface area contributed by atoms with Crippen LogP contribution in [0.3, 0.4) is 0 Å². The summed E-state index contributed by atoms with van der Waals surface area (Å²) in [7, 11) is 1.59. The second-order valence-corrected chi connectivity index (χ2v) is 8.10. The number of halogens is 2. The van der Waals surface area contributed by atoms with Gasteiger partial charge in [-0.3, -0.25) is 4.79 Å². The highest BCUT2D eigenvalue weighted by molar-refractivity contribution is 8.26. The third-order valence-corrected chi connectivity index (χ3v) is 5.27. The van der Waals surface area contributed by atoms with Gasteiger partial charge >= 0.3 is 0 Å². The van der Waals surface area contributed by atoms with E-state index < -0.39 is 0 Å². The minimum atomic E-state index is -0.265. The largest absolute Gasteiger partial charge is 0.497 e. The molecule has 0 aromatic heterocycles. The number of rotatable bonds is 7. The summed E-state index contributed by atoms with van der Waals surface area (Å²) in [5.74, 6) is 1.52. The Morgan fingerprint density at radius 1 is 1.14 bits per heavy atom. The van der Waals surface area contributed by atoms with E-state index in [4.69, 9.17) is 49.6 Å². The van der Waals surface area contributed by atoms with Gasteiger partial charge in [-0.05, 0) is 30.3 Å². The van der Waals surface area contributed by atoms with Gasteiger partial charge in [-0.15, -0.1) is 0 Å². The topological polar surface area (TPSA) is 56.8 Å². The van der Waals surface area contributed by atoms with Gasteiger partial charge in [0.1, 0.15) is 34.8 Å². The molecule has 1 aliphatic rings. The predicted molar refractivity (Wildman–Crippen MR) is 117 cm³/mol. The molecule has 1 amide bonds. The van der Waals surface area contributed by atoms with E-state index >= 15 is 0 Å². The molecule has 146 valence electrons. The van der Waals surface area contributed by atoms with E-state index in [1.807, 2.05) is 18.2 Å². The smallest absolute Gasteiger partial charge is 0.263 e. The van der Waals surface area contributed by atoms with Gasteiger partial charge in [-0.1, -0.05) is 53.2 Å². The summed E-state index contributed by atoms with van der Waals surface area (Å²) in [6.07, 6.45) is 1.65. The zero-order chi connectivity index (χ0) is 20.1. The fourth-order valence-corrected chi connectivity index (χ4v) is 4.00. The lowest BCUT2D eigenvalue weighted by atomic mass is 10.2. The van der Waals surface area contributed by atoms with Crippen LogP contribution in [-0.4, -0.2) is 30.6 Å². The van der Waals surface area contributed by atoms with Crippen molar-refractivity contribution >= 4 is 63.5 Å². The molecule has 1 saturated heterocycles. The Balaban J connectivity index is 1.70. The maximum Gasteiger partial charge on any atom is 0.263 e. The van der Waals surface area contributed by atoms with E-state index in [-0.39, 0.29) is 12.5 Å². The molecule has 5 nitrogen and oxygen atoms in total. The molecule has 28 heavy (non-hydrogen) atoms. The molecular formula is C19H15Cl2NO4S2. The Morgan fingerprint density at radius 2 is 1.89 bits per heavy atom. The van der Waals surface area contributed by atoms with Gasteiger partial charge in [0.2, 0.25) is 0 Å². The van der Waals surface area contributed by atoms with Crippen LogP contribution in [0.5, 0.6) is 17.2 Å². The minimum Gasteiger partial charge on any atom is -0.497 e. The first-order valence-corrected chi connectivity index (χ1v) is 10.1. The number of nitrogens with one attached hydrogen (secondary N) is 1. The second-order valence-electron chi connectivity index (χ2n) is 5.53. The molecule has 0 bridgehead atoms. The average molecular weight is 456 g/mol. The summed E-state index contributed by atoms with van der Waals surface area (Å²) >= 11 is 18.6. The first kappa shape index (κ1) is 20.8. The van der Waals surface area contributed by atoms with Crippen LogP contribution in [0.15, 0.2) is 41.3 Å². The molecule has 1 N–H and O–H groups in total.